The van der Waals surface area contributed by atoms with Gasteiger partial charge in [0.1, 0.15) is 4.90 Å². The van der Waals surface area contributed by atoms with E-state index in [2.05, 4.69) is 37.1 Å². The lowest BCUT2D eigenvalue weighted by atomic mass is 10.1. The van der Waals surface area contributed by atoms with Gasteiger partial charge in [-0.1, -0.05) is 47.5 Å². The van der Waals surface area contributed by atoms with Crippen LogP contribution in [0.2, 0.25) is 0 Å². The summed E-state index contributed by atoms with van der Waals surface area (Å²) in [6, 6.07) is 14.1. The summed E-state index contributed by atoms with van der Waals surface area (Å²) >= 11 is 0. The summed E-state index contributed by atoms with van der Waals surface area (Å²) in [5.41, 5.74) is 6.59. The van der Waals surface area contributed by atoms with Crippen LogP contribution in [-0.2, 0) is 23.0 Å². The normalized spacial score (nSPS) is 13.8. The van der Waals surface area contributed by atoms with Crippen molar-refractivity contribution in [2.75, 3.05) is 10.8 Å². The topological polar surface area (TPSA) is 55.2 Å². The smallest absolute Gasteiger partial charge is 0.266 e. The van der Waals surface area contributed by atoms with Gasteiger partial charge in [0.25, 0.3) is 10.0 Å². The molecule has 0 saturated heterocycles. The lowest BCUT2D eigenvalue weighted by Crippen LogP contribution is -2.30. The van der Waals surface area contributed by atoms with Crippen LogP contribution in [0.4, 0.5) is 5.69 Å². The van der Waals surface area contributed by atoms with Crippen molar-refractivity contribution in [3.63, 3.8) is 0 Å². The highest BCUT2D eigenvalue weighted by molar-refractivity contribution is 7.93. The minimum absolute atomic E-state index is 0.327. The zero-order chi connectivity index (χ0) is 20.1. The van der Waals surface area contributed by atoms with Gasteiger partial charge in [0.05, 0.1) is 23.6 Å². The van der Waals surface area contributed by atoms with Crippen molar-refractivity contribution >= 4 is 15.7 Å². The molecule has 0 radical (unpaired) electrons. The summed E-state index contributed by atoms with van der Waals surface area (Å²) in [6.45, 7) is 8.79. The summed E-state index contributed by atoms with van der Waals surface area (Å²) in [5.74, 6) is 0. The average molecular weight is 396 g/mol. The van der Waals surface area contributed by atoms with Gasteiger partial charge in [0.2, 0.25) is 0 Å². The fourth-order valence-electron chi connectivity index (χ4n) is 4.21. The van der Waals surface area contributed by atoms with Crippen LogP contribution < -0.4 is 4.31 Å². The Bertz CT molecular complexity index is 1140. The molecule has 0 fully saturated rings. The van der Waals surface area contributed by atoms with Crippen LogP contribution in [0.25, 0.3) is 0 Å². The zero-order valence-corrected chi connectivity index (χ0v) is 17.5. The Hall–Kier alpha value is -2.60. The Morgan fingerprint density at radius 1 is 1.00 bits per heavy atom. The highest BCUT2D eigenvalue weighted by Crippen LogP contribution is 2.34. The quantitative estimate of drug-likeness (QED) is 0.673. The Kier molecular flexibility index (Phi) is 4.54. The van der Waals surface area contributed by atoms with Gasteiger partial charge < -0.3 is 0 Å². The van der Waals surface area contributed by atoms with Gasteiger partial charge in [0.15, 0.2) is 0 Å². The molecule has 146 valence electrons. The summed E-state index contributed by atoms with van der Waals surface area (Å²) in [7, 11) is -3.65. The van der Waals surface area contributed by atoms with E-state index in [1.165, 1.54) is 15.4 Å². The third-order valence-corrected chi connectivity index (χ3v) is 7.39. The van der Waals surface area contributed by atoms with E-state index in [9.17, 15) is 8.42 Å². The molecule has 4 rings (SSSR count). The highest BCUT2D eigenvalue weighted by atomic mass is 32.2. The fourth-order valence-corrected chi connectivity index (χ4v) is 6.09. The van der Waals surface area contributed by atoms with Gasteiger partial charge in [-0.15, -0.1) is 0 Å². The number of fused-ring (bicyclic) bond motifs is 1. The number of nitrogens with zero attached hydrogens (tertiary/aromatic N) is 3. The Morgan fingerprint density at radius 2 is 1.68 bits per heavy atom. The van der Waals surface area contributed by atoms with Crippen molar-refractivity contribution in [1.82, 2.24) is 9.78 Å². The molecule has 0 amide bonds. The minimum atomic E-state index is -3.65. The fraction of sp³-hybridized carbons (Fsp3) is 0.318. The number of sulfonamides is 1. The Morgan fingerprint density at radius 3 is 2.39 bits per heavy atom. The standard InChI is InChI=1S/C22H25N3O2S/c1-15-11-16(2)13-19(12-15)14-24-18(4)22(17(3)23-24)28(26,27)25-10-9-20-7-5-6-8-21(20)25/h5-8,11-13H,9-10,14H2,1-4H3. The molecule has 2 aromatic carbocycles. The number of rotatable bonds is 4. The second-order valence-corrected chi connectivity index (χ2v) is 9.41. The van der Waals surface area contributed by atoms with Gasteiger partial charge in [-0.3, -0.25) is 8.99 Å². The second kappa shape index (κ2) is 6.78. The number of para-hydroxylation sites is 1. The molecule has 2 heterocycles. The van der Waals surface area contributed by atoms with Gasteiger partial charge >= 0.3 is 0 Å². The molecule has 0 saturated carbocycles. The number of anilines is 1. The van der Waals surface area contributed by atoms with E-state index in [-0.39, 0.29) is 0 Å². The number of aromatic nitrogens is 2. The SMILES string of the molecule is Cc1cc(C)cc(Cn2nc(C)c(S(=O)(=O)N3CCc4ccccc43)c2C)c1. The molecule has 1 aromatic heterocycles. The number of aryl methyl sites for hydroxylation is 3. The lowest BCUT2D eigenvalue weighted by Gasteiger charge is -2.19. The molecule has 0 aliphatic carbocycles. The maximum absolute atomic E-state index is 13.5. The molecule has 6 heteroatoms. The van der Waals surface area contributed by atoms with Crippen LogP contribution in [-0.4, -0.2) is 24.7 Å². The van der Waals surface area contributed by atoms with Gasteiger partial charge in [-0.05, 0) is 51.3 Å². The first-order valence-electron chi connectivity index (χ1n) is 9.49. The van der Waals surface area contributed by atoms with E-state index in [1.807, 2.05) is 31.2 Å². The van der Waals surface area contributed by atoms with E-state index in [0.29, 0.717) is 29.4 Å². The first kappa shape index (κ1) is 18.7. The largest absolute Gasteiger partial charge is 0.268 e. The van der Waals surface area contributed by atoms with Gasteiger partial charge in [-0.25, -0.2) is 8.42 Å². The van der Waals surface area contributed by atoms with Crippen molar-refractivity contribution in [3.05, 3.63) is 76.1 Å². The molecule has 0 unspecified atom stereocenters. The third-order valence-electron chi connectivity index (χ3n) is 5.32. The molecule has 1 aliphatic rings. The second-order valence-electron chi connectivity index (χ2n) is 7.61. The maximum atomic E-state index is 13.5. The Labute approximate surface area is 166 Å². The van der Waals surface area contributed by atoms with Crippen LogP contribution in [0.5, 0.6) is 0 Å². The third kappa shape index (κ3) is 3.11. The van der Waals surface area contributed by atoms with E-state index in [0.717, 1.165) is 23.2 Å². The summed E-state index contributed by atoms with van der Waals surface area (Å²) in [6.07, 6.45) is 0.740. The van der Waals surface area contributed by atoms with Gasteiger partial charge in [0, 0.05) is 6.54 Å². The molecule has 0 spiro atoms. The molecule has 5 nitrogen and oxygen atoms in total. The van der Waals surface area contributed by atoms with Crippen LogP contribution in [0, 0.1) is 27.7 Å². The van der Waals surface area contributed by atoms with Crippen LogP contribution in [0.15, 0.2) is 47.4 Å². The van der Waals surface area contributed by atoms with Gasteiger partial charge in [-0.2, -0.15) is 5.10 Å². The van der Waals surface area contributed by atoms with E-state index >= 15 is 0 Å². The van der Waals surface area contributed by atoms with Crippen LogP contribution >= 0.6 is 0 Å². The number of benzene rings is 2. The van der Waals surface area contributed by atoms with Crippen molar-refractivity contribution in [2.45, 2.75) is 45.6 Å². The highest BCUT2D eigenvalue weighted by Gasteiger charge is 2.34. The lowest BCUT2D eigenvalue weighted by molar-refractivity contribution is 0.590. The van der Waals surface area contributed by atoms with E-state index < -0.39 is 10.0 Å². The average Bonchev–Trinajstić information content (AvgIpc) is 3.16. The Balaban J connectivity index is 1.73. The van der Waals surface area contributed by atoms with Crippen molar-refractivity contribution in [1.29, 1.82) is 0 Å². The molecule has 0 atom stereocenters. The summed E-state index contributed by atoms with van der Waals surface area (Å²) in [4.78, 5) is 0.327. The summed E-state index contributed by atoms with van der Waals surface area (Å²) in [5, 5.41) is 4.57. The van der Waals surface area contributed by atoms with Crippen LogP contribution in [0.3, 0.4) is 0 Å². The van der Waals surface area contributed by atoms with Crippen molar-refractivity contribution < 1.29 is 8.42 Å². The molecular weight excluding hydrogens is 370 g/mol. The van der Waals surface area contributed by atoms with E-state index in [1.54, 1.807) is 11.6 Å². The molecule has 0 N–H and O–H groups in total. The van der Waals surface area contributed by atoms with Crippen molar-refractivity contribution in [3.8, 4) is 0 Å². The molecule has 3 aromatic rings. The molecule has 1 aliphatic heterocycles. The number of hydrogen-bond donors (Lipinski definition) is 0. The monoisotopic (exact) mass is 395 g/mol. The van der Waals surface area contributed by atoms with Crippen molar-refractivity contribution in [2.24, 2.45) is 0 Å². The molecule has 0 bridgehead atoms. The summed E-state index contributed by atoms with van der Waals surface area (Å²) < 4.78 is 30.3. The van der Waals surface area contributed by atoms with E-state index in [4.69, 9.17) is 0 Å². The minimum Gasteiger partial charge on any atom is -0.266 e. The number of hydrogen-bond acceptors (Lipinski definition) is 3. The zero-order valence-electron chi connectivity index (χ0n) is 16.7. The van der Waals surface area contributed by atoms with Crippen LogP contribution in [0.1, 0.15) is 33.6 Å². The predicted molar refractivity (Wildman–Crippen MR) is 111 cm³/mol. The maximum Gasteiger partial charge on any atom is 0.268 e. The first-order valence-corrected chi connectivity index (χ1v) is 10.9. The molecule has 28 heavy (non-hydrogen) atoms. The first-order chi connectivity index (χ1) is 13.3. The predicted octanol–water partition coefficient (Wildman–Crippen LogP) is 3.92. The molecular formula is C22H25N3O2S.